The molecule has 4 rings (SSSR count). The molecule has 0 aliphatic carbocycles. The summed E-state index contributed by atoms with van der Waals surface area (Å²) in [6.45, 7) is 3.55. The Morgan fingerprint density at radius 2 is 1.96 bits per heavy atom. The lowest BCUT2D eigenvalue weighted by Gasteiger charge is -2.52. The highest BCUT2D eigenvalue weighted by atomic mass is 16.5. The zero-order chi connectivity index (χ0) is 15.5. The summed E-state index contributed by atoms with van der Waals surface area (Å²) in [5, 5.41) is 0. The van der Waals surface area contributed by atoms with Crippen LogP contribution in [-0.2, 0) is 11.3 Å². The molecule has 5 heteroatoms. The van der Waals surface area contributed by atoms with Crippen LogP contribution in [0, 0.1) is 0 Å². The molecule has 23 heavy (non-hydrogen) atoms. The highest BCUT2D eigenvalue weighted by molar-refractivity contribution is 5.11. The summed E-state index contributed by atoms with van der Waals surface area (Å²) in [7, 11) is 0. The van der Waals surface area contributed by atoms with Crippen molar-refractivity contribution < 1.29 is 9.47 Å². The molecule has 1 spiro atoms. The minimum absolute atomic E-state index is 0.0491. The van der Waals surface area contributed by atoms with Crippen LogP contribution in [0.15, 0.2) is 48.8 Å². The van der Waals surface area contributed by atoms with Gasteiger partial charge in [0.25, 0.3) is 0 Å². The largest absolute Gasteiger partial charge is 0.474 e. The fourth-order valence-electron chi connectivity index (χ4n) is 3.49. The van der Waals surface area contributed by atoms with Crippen molar-refractivity contribution in [1.82, 2.24) is 14.9 Å². The Balaban J connectivity index is 1.32. The van der Waals surface area contributed by atoms with Crippen molar-refractivity contribution in [3.63, 3.8) is 0 Å². The zero-order valence-corrected chi connectivity index (χ0v) is 13.1. The summed E-state index contributed by atoms with van der Waals surface area (Å²) >= 11 is 0. The van der Waals surface area contributed by atoms with Gasteiger partial charge in [-0.1, -0.05) is 12.1 Å². The maximum atomic E-state index is 6.07. The molecule has 2 saturated heterocycles. The number of pyridine rings is 2. The minimum atomic E-state index is -0.0491. The van der Waals surface area contributed by atoms with Crippen LogP contribution >= 0.6 is 0 Å². The van der Waals surface area contributed by atoms with E-state index in [1.807, 2.05) is 36.5 Å². The van der Waals surface area contributed by atoms with E-state index in [1.165, 1.54) is 0 Å². The molecular weight excluding hydrogens is 290 g/mol. The first-order valence-corrected chi connectivity index (χ1v) is 8.15. The third-order valence-electron chi connectivity index (χ3n) is 4.51. The molecular formula is C18H21N3O2. The van der Waals surface area contributed by atoms with Gasteiger partial charge in [-0.15, -0.1) is 0 Å². The molecule has 0 aromatic carbocycles. The van der Waals surface area contributed by atoms with E-state index < -0.39 is 0 Å². The normalized spacial score (nSPS) is 23.4. The summed E-state index contributed by atoms with van der Waals surface area (Å²) in [5.41, 5.74) is 1.06. The first-order chi connectivity index (χ1) is 11.3. The third kappa shape index (κ3) is 3.35. The van der Waals surface area contributed by atoms with Crippen molar-refractivity contribution >= 4 is 0 Å². The molecule has 0 bridgehead atoms. The second-order valence-electron chi connectivity index (χ2n) is 6.40. The molecule has 120 valence electrons. The van der Waals surface area contributed by atoms with Crippen LogP contribution in [0.4, 0.5) is 0 Å². The maximum Gasteiger partial charge on any atom is 0.213 e. The van der Waals surface area contributed by atoms with Gasteiger partial charge in [-0.2, -0.15) is 0 Å². The number of nitrogens with zero attached hydrogens (tertiary/aromatic N) is 3. The first-order valence-electron chi connectivity index (χ1n) is 8.15. The van der Waals surface area contributed by atoms with E-state index in [0.717, 1.165) is 44.8 Å². The maximum absolute atomic E-state index is 6.07. The highest BCUT2D eigenvalue weighted by Gasteiger charge is 2.48. The van der Waals surface area contributed by atoms with Gasteiger partial charge in [0.2, 0.25) is 5.88 Å². The monoisotopic (exact) mass is 311 g/mol. The predicted molar refractivity (Wildman–Crippen MR) is 86.1 cm³/mol. The molecule has 2 aliphatic heterocycles. The molecule has 0 unspecified atom stereocenters. The number of aromatic nitrogens is 2. The fraction of sp³-hybridized carbons (Fsp3) is 0.444. The first kappa shape index (κ1) is 14.6. The summed E-state index contributed by atoms with van der Waals surface area (Å²) in [6.07, 6.45) is 5.66. The quantitative estimate of drug-likeness (QED) is 0.867. The Labute approximate surface area is 136 Å². The van der Waals surface area contributed by atoms with Gasteiger partial charge in [0.15, 0.2) is 0 Å². The van der Waals surface area contributed by atoms with Crippen molar-refractivity contribution in [2.45, 2.75) is 31.1 Å². The summed E-state index contributed by atoms with van der Waals surface area (Å²) < 4.78 is 12.1. The van der Waals surface area contributed by atoms with Crippen LogP contribution in [0.25, 0.3) is 0 Å². The van der Waals surface area contributed by atoms with E-state index in [0.29, 0.717) is 5.88 Å². The van der Waals surface area contributed by atoms with Gasteiger partial charge in [-0.3, -0.25) is 9.88 Å². The smallest absolute Gasteiger partial charge is 0.213 e. The van der Waals surface area contributed by atoms with Gasteiger partial charge in [-0.05, 0) is 18.2 Å². The Hall–Kier alpha value is -1.98. The molecule has 0 amide bonds. The number of rotatable bonds is 4. The fourth-order valence-corrected chi connectivity index (χ4v) is 3.49. The number of hydrogen-bond donors (Lipinski definition) is 0. The van der Waals surface area contributed by atoms with Gasteiger partial charge in [-0.25, -0.2) is 4.98 Å². The van der Waals surface area contributed by atoms with E-state index in [2.05, 4.69) is 20.9 Å². The van der Waals surface area contributed by atoms with Crippen molar-refractivity contribution in [1.29, 1.82) is 0 Å². The van der Waals surface area contributed by atoms with Gasteiger partial charge in [0.05, 0.1) is 17.9 Å². The lowest BCUT2D eigenvalue weighted by Crippen LogP contribution is -2.65. The summed E-state index contributed by atoms with van der Waals surface area (Å²) in [4.78, 5) is 11.0. The Morgan fingerprint density at radius 1 is 1.13 bits per heavy atom. The minimum Gasteiger partial charge on any atom is -0.474 e. The van der Waals surface area contributed by atoms with Crippen LogP contribution < -0.4 is 4.74 Å². The van der Waals surface area contributed by atoms with E-state index in [-0.39, 0.29) is 11.7 Å². The molecule has 0 N–H and O–H groups in total. The van der Waals surface area contributed by atoms with Crippen LogP contribution in [-0.4, -0.2) is 46.3 Å². The van der Waals surface area contributed by atoms with Crippen LogP contribution in [0.3, 0.4) is 0 Å². The van der Waals surface area contributed by atoms with Gasteiger partial charge in [0.1, 0.15) is 6.10 Å². The molecule has 1 atom stereocenters. The molecule has 2 aromatic rings. The molecule has 4 heterocycles. The second-order valence-corrected chi connectivity index (χ2v) is 6.40. The summed E-state index contributed by atoms with van der Waals surface area (Å²) in [5.74, 6) is 0.708. The van der Waals surface area contributed by atoms with Crippen LogP contribution in [0.2, 0.25) is 0 Å². The lowest BCUT2D eigenvalue weighted by molar-refractivity contribution is -0.188. The molecule has 5 nitrogen and oxygen atoms in total. The lowest BCUT2D eigenvalue weighted by atomic mass is 9.84. The topological polar surface area (TPSA) is 47.5 Å². The second kappa shape index (κ2) is 6.26. The van der Waals surface area contributed by atoms with Crippen molar-refractivity contribution in [2.24, 2.45) is 0 Å². The Kier molecular flexibility index (Phi) is 3.97. The van der Waals surface area contributed by atoms with Crippen molar-refractivity contribution in [3.05, 3.63) is 54.5 Å². The SMILES string of the molecule is c1ccc(CN2CC3(C[C@@H](Oc4ccccn4)CCO3)C2)nc1. The Morgan fingerprint density at radius 3 is 2.70 bits per heavy atom. The average Bonchev–Trinajstić information content (AvgIpc) is 2.56. The third-order valence-corrected chi connectivity index (χ3v) is 4.51. The molecule has 0 radical (unpaired) electrons. The van der Waals surface area contributed by atoms with Crippen molar-refractivity contribution in [2.75, 3.05) is 19.7 Å². The molecule has 0 saturated carbocycles. The van der Waals surface area contributed by atoms with Crippen LogP contribution in [0.1, 0.15) is 18.5 Å². The van der Waals surface area contributed by atoms with Crippen LogP contribution in [0.5, 0.6) is 5.88 Å². The number of likely N-dealkylation sites (tertiary alicyclic amines) is 1. The van der Waals surface area contributed by atoms with Gasteiger partial charge >= 0.3 is 0 Å². The summed E-state index contributed by atoms with van der Waals surface area (Å²) in [6, 6.07) is 11.8. The number of hydrogen-bond acceptors (Lipinski definition) is 5. The van der Waals surface area contributed by atoms with E-state index in [4.69, 9.17) is 9.47 Å². The standard InChI is InChI=1S/C18H21N3O2/c1-3-8-19-15(5-1)12-21-13-18(14-21)11-16(7-10-22-18)23-17-6-2-4-9-20-17/h1-6,8-9,16H,7,10-14H2/t16-/m0/s1. The zero-order valence-electron chi connectivity index (χ0n) is 13.1. The Bertz CT molecular complexity index is 629. The van der Waals surface area contributed by atoms with E-state index in [9.17, 15) is 0 Å². The molecule has 2 fully saturated rings. The molecule has 2 aromatic heterocycles. The van der Waals surface area contributed by atoms with Gasteiger partial charge < -0.3 is 9.47 Å². The van der Waals surface area contributed by atoms with Crippen molar-refractivity contribution in [3.8, 4) is 5.88 Å². The van der Waals surface area contributed by atoms with E-state index in [1.54, 1.807) is 6.20 Å². The van der Waals surface area contributed by atoms with Gasteiger partial charge in [0, 0.05) is 50.9 Å². The van der Waals surface area contributed by atoms with E-state index >= 15 is 0 Å². The average molecular weight is 311 g/mol. The predicted octanol–water partition coefficient (Wildman–Crippen LogP) is 2.29. The number of ether oxygens (including phenoxy) is 2. The highest BCUT2D eigenvalue weighted by Crippen LogP contribution is 2.36. The molecule has 2 aliphatic rings.